The van der Waals surface area contributed by atoms with Crippen molar-refractivity contribution in [1.82, 2.24) is 10.3 Å². The molecular weight excluding hydrogens is 336 g/mol. The lowest BCUT2D eigenvalue weighted by Crippen LogP contribution is -2.50. The third-order valence-corrected chi connectivity index (χ3v) is 4.40. The summed E-state index contributed by atoms with van der Waals surface area (Å²) in [4.78, 5) is 27.5. The van der Waals surface area contributed by atoms with Crippen LogP contribution in [0.3, 0.4) is 0 Å². The first kappa shape index (κ1) is 18.1. The second-order valence-corrected chi connectivity index (χ2v) is 6.54. The molecule has 0 bridgehead atoms. The van der Waals surface area contributed by atoms with Gasteiger partial charge in [-0.1, -0.05) is 30.3 Å². The van der Waals surface area contributed by atoms with E-state index in [1.807, 2.05) is 30.3 Å². The summed E-state index contributed by atoms with van der Waals surface area (Å²) in [5.41, 5.74) is 0.174. The van der Waals surface area contributed by atoms with Crippen molar-refractivity contribution in [1.29, 1.82) is 0 Å². The number of nitrogens with zero attached hydrogens (tertiary/aromatic N) is 1. The van der Waals surface area contributed by atoms with Gasteiger partial charge in [0, 0.05) is 25.0 Å². The Kier molecular flexibility index (Phi) is 5.68. The first-order chi connectivity index (χ1) is 12.6. The molecule has 138 valence electrons. The maximum atomic E-state index is 12.2. The van der Waals surface area contributed by atoms with E-state index in [4.69, 9.17) is 14.3 Å². The number of oxazole rings is 1. The van der Waals surface area contributed by atoms with Crippen LogP contribution in [0.1, 0.15) is 31.6 Å². The van der Waals surface area contributed by atoms with Gasteiger partial charge in [-0.25, -0.2) is 4.98 Å². The molecule has 1 aliphatic heterocycles. The first-order valence-corrected chi connectivity index (χ1v) is 8.67. The summed E-state index contributed by atoms with van der Waals surface area (Å²) in [6, 6.07) is 9.70. The van der Waals surface area contributed by atoms with Crippen LogP contribution in [-0.4, -0.2) is 40.7 Å². The predicted molar refractivity (Wildman–Crippen MR) is 93.4 cm³/mol. The lowest BCUT2D eigenvalue weighted by molar-refractivity contribution is -0.139. The van der Waals surface area contributed by atoms with Crippen LogP contribution in [0.5, 0.6) is 0 Å². The summed E-state index contributed by atoms with van der Waals surface area (Å²) in [7, 11) is 0. The Morgan fingerprint density at radius 2 is 2.08 bits per heavy atom. The number of aryl methyl sites for hydroxylation is 1. The molecule has 26 heavy (non-hydrogen) atoms. The van der Waals surface area contributed by atoms with E-state index in [0.717, 1.165) is 5.56 Å². The molecule has 1 atom stereocenters. The fourth-order valence-electron chi connectivity index (χ4n) is 3.10. The molecule has 2 aromatic rings. The zero-order valence-electron chi connectivity index (χ0n) is 14.4. The summed E-state index contributed by atoms with van der Waals surface area (Å²) in [6.07, 6.45) is 3.48. The lowest BCUT2D eigenvalue weighted by Gasteiger charge is -2.26. The number of benzene rings is 1. The molecule has 0 spiro atoms. The molecule has 1 amide bonds. The van der Waals surface area contributed by atoms with Crippen LogP contribution in [0.4, 0.5) is 0 Å². The Hall–Kier alpha value is -2.67. The summed E-state index contributed by atoms with van der Waals surface area (Å²) in [5.74, 6) is 0.172. The van der Waals surface area contributed by atoms with Gasteiger partial charge in [-0.15, -0.1) is 0 Å². The Morgan fingerprint density at radius 1 is 1.27 bits per heavy atom. The van der Waals surface area contributed by atoms with Crippen molar-refractivity contribution in [2.75, 3.05) is 13.2 Å². The number of aliphatic carboxylic acids is 1. The SMILES string of the molecule is O=C(O)CC1(NC(=O)CCCc2ncc(-c3ccccc3)o2)CCOC1. The molecule has 2 N–H and O–H groups in total. The van der Waals surface area contributed by atoms with Crippen LogP contribution in [0.25, 0.3) is 11.3 Å². The quantitative estimate of drug-likeness (QED) is 0.751. The van der Waals surface area contributed by atoms with Crippen molar-refractivity contribution >= 4 is 11.9 Å². The van der Waals surface area contributed by atoms with Gasteiger partial charge in [0.15, 0.2) is 11.7 Å². The van der Waals surface area contributed by atoms with Crippen molar-refractivity contribution in [3.8, 4) is 11.3 Å². The van der Waals surface area contributed by atoms with Crippen LogP contribution >= 0.6 is 0 Å². The monoisotopic (exact) mass is 358 g/mol. The third-order valence-electron chi connectivity index (χ3n) is 4.40. The smallest absolute Gasteiger partial charge is 0.305 e. The van der Waals surface area contributed by atoms with Crippen LogP contribution in [0.15, 0.2) is 40.9 Å². The Labute approximate surface area is 151 Å². The van der Waals surface area contributed by atoms with Gasteiger partial charge in [0.2, 0.25) is 5.91 Å². The molecule has 7 heteroatoms. The number of hydrogen-bond acceptors (Lipinski definition) is 5. The van der Waals surface area contributed by atoms with Crippen molar-refractivity contribution in [3.05, 3.63) is 42.4 Å². The van der Waals surface area contributed by atoms with E-state index in [9.17, 15) is 9.59 Å². The van der Waals surface area contributed by atoms with E-state index in [1.165, 1.54) is 0 Å². The van der Waals surface area contributed by atoms with Crippen molar-refractivity contribution < 1.29 is 23.8 Å². The Bertz CT molecular complexity index is 750. The summed E-state index contributed by atoms with van der Waals surface area (Å²) < 4.78 is 11.0. The van der Waals surface area contributed by atoms with Crippen LogP contribution in [-0.2, 0) is 20.7 Å². The zero-order valence-corrected chi connectivity index (χ0v) is 14.4. The minimum atomic E-state index is -0.941. The summed E-state index contributed by atoms with van der Waals surface area (Å²) in [5, 5.41) is 11.9. The fourth-order valence-corrected chi connectivity index (χ4v) is 3.10. The van der Waals surface area contributed by atoms with E-state index in [-0.39, 0.29) is 25.4 Å². The highest BCUT2D eigenvalue weighted by atomic mass is 16.5. The predicted octanol–water partition coefficient (Wildman–Crippen LogP) is 2.41. The second-order valence-electron chi connectivity index (χ2n) is 6.54. The minimum Gasteiger partial charge on any atom is -0.481 e. The standard InChI is InChI=1S/C19H22N2O5/c22-16(21-19(11-18(23)24)9-10-25-13-19)7-4-8-17-20-12-15(26-17)14-5-2-1-3-6-14/h1-3,5-6,12H,4,7-11,13H2,(H,21,22)(H,23,24). The normalized spacial score (nSPS) is 19.4. The van der Waals surface area contributed by atoms with E-state index >= 15 is 0 Å². The maximum absolute atomic E-state index is 12.2. The van der Waals surface area contributed by atoms with Gasteiger partial charge in [-0.3, -0.25) is 9.59 Å². The number of carboxylic acids is 1. The Morgan fingerprint density at radius 3 is 2.77 bits per heavy atom. The molecule has 1 fully saturated rings. The Balaban J connectivity index is 1.48. The number of carbonyl (C=O) groups is 2. The van der Waals surface area contributed by atoms with E-state index in [0.29, 0.717) is 37.5 Å². The number of amides is 1. The largest absolute Gasteiger partial charge is 0.481 e. The molecule has 0 aliphatic carbocycles. The van der Waals surface area contributed by atoms with Crippen molar-refractivity contribution in [2.24, 2.45) is 0 Å². The average molecular weight is 358 g/mol. The van der Waals surface area contributed by atoms with Gasteiger partial charge in [0.05, 0.1) is 24.8 Å². The van der Waals surface area contributed by atoms with Crippen LogP contribution in [0, 0.1) is 0 Å². The van der Waals surface area contributed by atoms with Gasteiger partial charge in [-0.2, -0.15) is 0 Å². The zero-order chi connectivity index (χ0) is 18.4. The molecule has 1 aromatic carbocycles. The number of rotatable bonds is 8. The second kappa shape index (κ2) is 8.14. The van der Waals surface area contributed by atoms with Crippen molar-refractivity contribution in [3.63, 3.8) is 0 Å². The van der Waals surface area contributed by atoms with Crippen LogP contribution < -0.4 is 5.32 Å². The number of hydrogen-bond donors (Lipinski definition) is 2. The highest BCUT2D eigenvalue weighted by Crippen LogP contribution is 2.23. The summed E-state index contributed by atoms with van der Waals surface area (Å²) in [6.45, 7) is 0.706. The van der Waals surface area contributed by atoms with E-state index in [1.54, 1.807) is 6.20 Å². The van der Waals surface area contributed by atoms with Gasteiger partial charge >= 0.3 is 5.97 Å². The number of carboxylic acid groups (broad SMARTS) is 1. The molecule has 3 rings (SSSR count). The van der Waals surface area contributed by atoms with Gasteiger partial charge < -0.3 is 19.6 Å². The third kappa shape index (κ3) is 4.70. The highest BCUT2D eigenvalue weighted by Gasteiger charge is 2.38. The van der Waals surface area contributed by atoms with E-state index < -0.39 is 11.5 Å². The van der Waals surface area contributed by atoms with Gasteiger partial charge in [0.25, 0.3) is 0 Å². The number of carbonyl (C=O) groups excluding carboxylic acids is 1. The molecule has 1 unspecified atom stereocenters. The number of nitrogens with one attached hydrogen (secondary N) is 1. The highest BCUT2D eigenvalue weighted by molar-refractivity contribution is 5.78. The number of aromatic nitrogens is 1. The molecule has 1 aliphatic rings. The molecule has 7 nitrogen and oxygen atoms in total. The van der Waals surface area contributed by atoms with Gasteiger partial charge in [-0.05, 0) is 12.8 Å². The van der Waals surface area contributed by atoms with Gasteiger partial charge in [0.1, 0.15) is 0 Å². The topological polar surface area (TPSA) is 102 Å². The molecule has 1 saturated heterocycles. The maximum Gasteiger partial charge on any atom is 0.305 e. The summed E-state index contributed by atoms with van der Waals surface area (Å²) >= 11 is 0. The first-order valence-electron chi connectivity index (χ1n) is 8.67. The minimum absolute atomic E-state index is 0.126. The lowest BCUT2D eigenvalue weighted by atomic mass is 9.94. The fraction of sp³-hybridized carbons (Fsp3) is 0.421. The average Bonchev–Trinajstić information content (AvgIpc) is 3.25. The van der Waals surface area contributed by atoms with E-state index in [2.05, 4.69) is 10.3 Å². The van der Waals surface area contributed by atoms with Crippen molar-refractivity contribution in [2.45, 2.75) is 37.6 Å². The van der Waals surface area contributed by atoms with Crippen LogP contribution in [0.2, 0.25) is 0 Å². The molecular formula is C19H22N2O5. The molecule has 0 radical (unpaired) electrons. The molecule has 0 saturated carbocycles. The molecule has 1 aromatic heterocycles. The molecule has 2 heterocycles. The number of ether oxygens (including phenoxy) is 1.